The lowest BCUT2D eigenvalue weighted by Gasteiger charge is -2.25. The zero-order chi connectivity index (χ0) is 21.1. The van der Waals surface area contributed by atoms with Crippen molar-refractivity contribution in [2.45, 2.75) is 71.0 Å². The number of hydrogen-bond donors (Lipinski definition) is 1. The topological polar surface area (TPSA) is 50.2 Å². The van der Waals surface area contributed by atoms with Crippen molar-refractivity contribution in [3.8, 4) is 0 Å². The summed E-state index contributed by atoms with van der Waals surface area (Å²) in [6, 6.07) is 4.17. The van der Waals surface area contributed by atoms with Crippen LogP contribution in [0.25, 0.3) is 0 Å². The molecule has 1 atom stereocenters. The predicted octanol–water partition coefficient (Wildman–Crippen LogP) is 3.84. The third kappa shape index (κ3) is 4.41. The van der Waals surface area contributed by atoms with Crippen LogP contribution in [0.5, 0.6) is 0 Å². The predicted molar refractivity (Wildman–Crippen MR) is 111 cm³/mol. The highest BCUT2D eigenvalue weighted by Gasteiger charge is 2.31. The third-order valence-corrected chi connectivity index (χ3v) is 6.32. The van der Waals surface area contributed by atoms with Gasteiger partial charge in [-0.25, -0.2) is 8.78 Å². The molecule has 1 amide bonds. The number of nitrogens with one attached hydrogen (secondary N) is 1. The standard InChI is InChI=1S/C23H30F2N4O/c1-2-29-21-10-8-17(26-15-16-7-9-19(24)20(25)13-16)14-18(21)22(27-29)23(30)28-11-5-3-4-6-12-28/h7,9,13,17,26H,2-6,8,10-12,14-15H2,1H3. The van der Waals surface area contributed by atoms with Gasteiger partial charge in [0.25, 0.3) is 5.91 Å². The summed E-state index contributed by atoms with van der Waals surface area (Å²) in [5.74, 6) is -1.60. The maximum Gasteiger partial charge on any atom is 0.274 e. The van der Waals surface area contributed by atoms with E-state index in [-0.39, 0.29) is 11.9 Å². The number of hydrogen-bond acceptors (Lipinski definition) is 3. The second kappa shape index (κ2) is 9.25. The molecule has 5 nitrogen and oxygen atoms in total. The summed E-state index contributed by atoms with van der Waals surface area (Å²) in [5.41, 5.74) is 3.54. The van der Waals surface area contributed by atoms with Crippen molar-refractivity contribution in [2.24, 2.45) is 0 Å². The average Bonchev–Trinajstić information content (AvgIpc) is 2.92. The van der Waals surface area contributed by atoms with E-state index in [9.17, 15) is 13.6 Å². The largest absolute Gasteiger partial charge is 0.337 e. The smallest absolute Gasteiger partial charge is 0.274 e. The summed E-state index contributed by atoms with van der Waals surface area (Å²) in [6.45, 7) is 4.90. The SMILES string of the molecule is CCn1nc(C(=O)N2CCCCCC2)c2c1CCC(NCc1ccc(F)c(F)c1)C2. The van der Waals surface area contributed by atoms with Crippen LogP contribution in [0, 0.1) is 11.6 Å². The summed E-state index contributed by atoms with van der Waals surface area (Å²) in [6.07, 6.45) is 7.00. The molecule has 1 N–H and O–H groups in total. The van der Waals surface area contributed by atoms with Gasteiger partial charge in [-0.2, -0.15) is 5.10 Å². The first kappa shape index (κ1) is 21.0. The summed E-state index contributed by atoms with van der Waals surface area (Å²) >= 11 is 0. The Hall–Kier alpha value is -2.28. The lowest BCUT2D eigenvalue weighted by molar-refractivity contribution is 0.0753. The number of aromatic nitrogens is 2. The molecule has 1 unspecified atom stereocenters. The van der Waals surface area contributed by atoms with Gasteiger partial charge in [0.2, 0.25) is 0 Å². The lowest BCUT2D eigenvalue weighted by Crippen LogP contribution is -2.36. The van der Waals surface area contributed by atoms with Crippen LogP contribution in [-0.2, 0) is 25.9 Å². The van der Waals surface area contributed by atoms with E-state index in [0.29, 0.717) is 17.8 Å². The van der Waals surface area contributed by atoms with Gasteiger partial charge in [-0.3, -0.25) is 9.48 Å². The molecule has 4 rings (SSSR count). The summed E-state index contributed by atoms with van der Waals surface area (Å²) in [4.78, 5) is 15.2. The van der Waals surface area contributed by atoms with E-state index >= 15 is 0 Å². The minimum absolute atomic E-state index is 0.0570. The molecule has 2 aliphatic rings. The molecular weight excluding hydrogens is 386 g/mol. The van der Waals surface area contributed by atoms with Gasteiger partial charge in [0.1, 0.15) is 0 Å². The molecule has 2 heterocycles. The van der Waals surface area contributed by atoms with Crippen LogP contribution in [0.1, 0.15) is 66.3 Å². The molecule has 1 aliphatic carbocycles. The van der Waals surface area contributed by atoms with Gasteiger partial charge in [0.15, 0.2) is 17.3 Å². The number of carbonyl (C=O) groups is 1. The van der Waals surface area contributed by atoms with Crippen molar-refractivity contribution < 1.29 is 13.6 Å². The normalized spacial score (nSPS) is 19.4. The van der Waals surface area contributed by atoms with Gasteiger partial charge < -0.3 is 10.2 Å². The van der Waals surface area contributed by atoms with Crippen molar-refractivity contribution in [2.75, 3.05) is 13.1 Å². The Labute approximate surface area is 176 Å². The number of rotatable bonds is 5. The number of aryl methyl sites for hydroxylation is 1. The van der Waals surface area contributed by atoms with Crippen LogP contribution < -0.4 is 5.32 Å². The third-order valence-electron chi connectivity index (χ3n) is 6.32. The highest BCUT2D eigenvalue weighted by Crippen LogP contribution is 2.27. The molecule has 7 heteroatoms. The Balaban J connectivity index is 1.49. The van der Waals surface area contributed by atoms with E-state index in [1.165, 1.54) is 24.6 Å². The Bertz CT molecular complexity index is 903. The van der Waals surface area contributed by atoms with Crippen molar-refractivity contribution in [1.29, 1.82) is 0 Å². The highest BCUT2D eigenvalue weighted by molar-refractivity contribution is 5.94. The van der Waals surface area contributed by atoms with Crippen molar-refractivity contribution in [3.63, 3.8) is 0 Å². The number of fused-ring (bicyclic) bond motifs is 1. The van der Waals surface area contributed by atoms with E-state index in [1.807, 2.05) is 9.58 Å². The molecule has 1 aliphatic heterocycles. The van der Waals surface area contributed by atoms with Gasteiger partial charge in [0, 0.05) is 43.5 Å². The van der Waals surface area contributed by atoms with Gasteiger partial charge in [-0.05, 0) is 56.7 Å². The molecule has 1 aromatic carbocycles. The van der Waals surface area contributed by atoms with Gasteiger partial charge in [-0.1, -0.05) is 18.9 Å². The summed E-state index contributed by atoms with van der Waals surface area (Å²) in [5, 5.41) is 8.15. The van der Waals surface area contributed by atoms with Crippen molar-refractivity contribution in [3.05, 3.63) is 52.3 Å². The number of halogens is 2. The molecule has 0 bridgehead atoms. The maximum absolute atomic E-state index is 13.5. The number of nitrogens with zero attached hydrogens (tertiary/aromatic N) is 3. The Kier molecular flexibility index (Phi) is 6.46. The fourth-order valence-corrected chi connectivity index (χ4v) is 4.63. The Morgan fingerprint density at radius 1 is 1.17 bits per heavy atom. The number of amides is 1. The second-order valence-electron chi connectivity index (χ2n) is 8.37. The van der Waals surface area contributed by atoms with E-state index in [2.05, 4.69) is 12.2 Å². The zero-order valence-corrected chi connectivity index (χ0v) is 17.6. The molecule has 0 spiro atoms. The van der Waals surface area contributed by atoms with Crippen LogP contribution >= 0.6 is 0 Å². The van der Waals surface area contributed by atoms with E-state index in [0.717, 1.165) is 63.4 Å². The Morgan fingerprint density at radius 2 is 1.93 bits per heavy atom. The van der Waals surface area contributed by atoms with E-state index in [1.54, 1.807) is 6.07 Å². The molecule has 162 valence electrons. The minimum Gasteiger partial charge on any atom is -0.337 e. The van der Waals surface area contributed by atoms with Crippen LogP contribution in [0.3, 0.4) is 0 Å². The quantitative estimate of drug-likeness (QED) is 0.806. The highest BCUT2D eigenvalue weighted by atomic mass is 19.2. The Morgan fingerprint density at radius 3 is 2.63 bits per heavy atom. The first-order chi connectivity index (χ1) is 14.6. The second-order valence-corrected chi connectivity index (χ2v) is 8.37. The van der Waals surface area contributed by atoms with Crippen molar-refractivity contribution >= 4 is 5.91 Å². The molecule has 1 saturated heterocycles. The van der Waals surface area contributed by atoms with Gasteiger partial charge in [-0.15, -0.1) is 0 Å². The molecule has 0 saturated carbocycles. The van der Waals surface area contributed by atoms with Crippen LogP contribution in [0.15, 0.2) is 18.2 Å². The monoisotopic (exact) mass is 416 g/mol. The summed E-state index contributed by atoms with van der Waals surface area (Å²) in [7, 11) is 0. The number of likely N-dealkylation sites (tertiary alicyclic amines) is 1. The first-order valence-electron chi connectivity index (χ1n) is 11.1. The first-order valence-corrected chi connectivity index (χ1v) is 11.1. The molecule has 1 aromatic heterocycles. The van der Waals surface area contributed by atoms with Crippen LogP contribution in [0.2, 0.25) is 0 Å². The average molecular weight is 417 g/mol. The summed E-state index contributed by atoms with van der Waals surface area (Å²) < 4.78 is 28.6. The van der Waals surface area contributed by atoms with Crippen molar-refractivity contribution in [1.82, 2.24) is 20.0 Å². The van der Waals surface area contributed by atoms with E-state index < -0.39 is 11.6 Å². The van der Waals surface area contributed by atoms with Crippen LogP contribution in [0.4, 0.5) is 8.78 Å². The molecule has 0 radical (unpaired) electrons. The molecule has 30 heavy (non-hydrogen) atoms. The molecule has 2 aromatic rings. The number of benzene rings is 1. The fraction of sp³-hybridized carbons (Fsp3) is 0.565. The molecular formula is C23H30F2N4O. The minimum atomic E-state index is -0.829. The van der Waals surface area contributed by atoms with Gasteiger partial charge in [0.05, 0.1) is 0 Å². The maximum atomic E-state index is 13.5. The number of carbonyl (C=O) groups excluding carboxylic acids is 1. The zero-order valence-electron chi connectivity index (χ0n) is 17.6. The van der Waals surface area contributed by atoms with Gasteiger partial charge >= 0.3 is 0 Å². The molecule has 1 fully saturated rings. The van der Waals surface area contributed by atoms with Crippen LogP contribution in [-0.4, -0.2) is 39.7 Å². The lowest BCUT2D eigenvalue weighted by atomic mass is 9.91. The fourth-order valence-electron chi connectivity index (χ4n) is 4.63. The van der Waals surface area contributed by atoms with E-state index in [4.69, 9.17) is 5.10 Å².